The van der Waals surface area contributed by atoms with E-state index >= 15 is 0 Å². The standard InChI is InChI=1S/C15H21BrN4/c1-4-13-7-14(20(5-2)19-13)8-15(17-3)11-6-12(16)10-18-9-11/h6-7,9-10,15,17H,4-5,8H2,1-3H3. The molecular weight excluding hydrogens is 316 g/mol. The van der Waals surface area contributed by atoms with Crippen molar-refractivity contribution in [2.24, 2.45) is 0 Å². The molecule has 0 aliphatic carbocycles. The fraction of sp³-hybridized carbons (Fsp3) is 0.467. The van der Waals surface area contributed by atoms with E-state index in [1.807, 2.05) is 19.4 Å². The van der Waals surface area contributed by atoms with Crippen LogP contribution in [-0.4, -0.2) is 21.8 Å². The molecule has 2 aromatic rings. The lowest BCUT2D eigenvalue weighted by atomic mass is 10.0. The number of likely N-dealkylation sites (N-methyl/N-ethyl adjacent to an activating group) is 1. The topological polar surface area (TPSA) is 42.7 Å². The van der Waals surface area contributed by atoms with Gasteiger partial charge in [-0.15, -0.1) is 0 Å². The zero-order valence-corrected chi connectivity index (χ0v) is 13.8. The molecule has 2 heterocycles. The van der Waals surface area contributed by atoms with Gasteiger partial charge in [0.15, 0.2) is 0 Å². The summed E-state index contributed by atoms with van der Waals surface area (Å²) in [5, 5.41) is 7.98. The molecule has 0 saturated heterocycles. The Morgan fingerprint density at radius 3 is 2.70 bits per heavy atom. The van der Waals surface area contributed by atoms with Crippen molar-refractivity contribution in [3.8, 4) is 0 Å². The van der Waals surface area contributed by atoms with Crippen LogP contribution in [0.3, 0.4) is 0 Å². The molecule has 0 saturated carbocycles. The van der Waals surface area contributed by atoms with Crippen LogP contribution < -0.4 is 5.32 Å². The molecule has 1 atom stereocenters. The summed E-state index contributed by atoms with van der Waals surface area (Å²) < 4.78 is 3.10. The largest absolute Gasteiger partial charge is 0.313 e. The Morgan fingerprint density at radius 2 is 2.10 bits per heavy atom. The second-order valence-corrected chi connectivity index (χ2v) is 5.69. The van der Waals surface area contributed by atoms with E-state index in [9.17, 15) is 0 Å². The van der Waals surface area contributed by atoms with E-state index in [0.29, 0.717) is 0 Å². The summed E-state index contributed by atoms with van der Waals surface area (Å²) in [4.78, 5) is 4.25. The number of halogens is 1. The molecule has 108 valence electrons. The van der Waals surface area contributed by atoms with E-state index in [1.165, 1.54) is 11.3 Å². The van der Waals surface area contributed by atoms with Crippen LogP contribution in [0.15, 0.2) is 29.0 Å². The second kappa shape index (κ2) is 6.99. The van der Waals surface area contributed by atoms with Crippen molar-refractivity contribution in [2.75, 3.05) is 7.05 Å². The maximum absolute atomic E-state index is 4.61. The predicted octanol–water partition coefficient (Wildman–Crippen LogP) is 3.13. The van der Waals surface area contributed by atoms with Crippen molar-refractivity contribution in [2.45, 2.75) is 39.3 Å². The third-order valence-electron chi connectivity index (χ3n) is 3.47. The Kier molecular flexibility index (Phi) is 5.31. The normalized spacial score (nSPS) is 12.6. The molecule has 2 rings (SSSR count). The third kappa shape index (κ3) is 3.46. The number of aryl methyl sites for hydroxylation is 2. The quantitative estimate of drug-likeness (QED) is 0.881. The van der Waals surface area contributed by atoms with E-state index in [-0.39, 0.29) is 6.04 Å². The molecule has 2 aromatic heterocycles. The van der Waals surface area contributed by atoms with Gasteiger partial charge in [-0.25, -0.2) is 0 Å². The maximum atomic E-state index is 4.61. The molecule has 0 aliphatic heterocycles. The predicted molar refractivity (Wildman–Crippen MR) is 84.7 cm³/mol. The SMILES string of the molecule is CCc1cc(CC(NC)c2cncc(Br)c2)n(CC)n1. The number of pyridine rings is 1. The van der Waals surface area contributed by atoms with Crippen molar-refractivity contribution in [1.82, 2.24) is 20.1 Å². The van der Waals surface area contributed by atoms with Gasteiger partial charge in [-0.1, -0.05) is 6.92 Å². The summed E-state index contributed by atoms with van der Waals surface area (Å²) in [6, 6.07) is 4.56. The number of nitrogens with zero attached hydrogens (tertiary/aromatic N) is 3. The molecule has 0 radical (unpaired) electrons. The highest BCUT2D eigenvalue weighted by atomic mass is 79.9. The Balaban J connectivity index is 2.24. The summed E-state index contributed by atoms with van der Waals surface area (Å²) in [6.45, 7) is 5.17. The number of hydrogen-bond donors (Lipinski definition) is 1. The van der Waals surface area contributed by atoms with Gasteiger partial charge in [0.1, 0.15) is 0 Å². The minimum absolute atomic E-state index is 0.242. The van der Waals surface area contributed by atoms with Gasteiger partial charge in [-0.05, 0) is 54.0 Å². The molecule has 0 fully saturated rings. The van der Waals surface area contributed by atoms with E-state index in [0.717, 1.165) is 29.6 Å². The van der Waals surface area contributed by atoms with Crippen molar-refractivity contribution in [3.05, 3.63) is 46.0 Å². The van der Waals surface area contributed by atoms with Crippen molar-refractivity contribution >= 4 is 15.9 Å². The Morgan fingerprint density at radius 1 is 1.30 bits per heavy atom. The van der Waals surface area contributed by atoms with E-state index in [1.54, 1.807) is 0 Å². The van der Waals surface area contributed by atoms with Gasteiger partial charge >= 0.3 is 0 Å². The molecule has 0 aromatic carbocycles. The first-order valence-electron chi connectivity index (χ1n) is 7.01. The number of nitrogens with one attached hydrogen (secondary N) is 1. The first-order valence-corrected chi connectivity index (χ1v) is 7.80. The summed E-state index contributed by atoms with van der Waals surface area (Å²) >= 11 is 3.48. The Labute approximate surface area is 128 Å². The molecule has 1 unspecified atom stereocenters. The van der Waals surface area contributed by atoms with Gasteiger partial charge < -0.3 is 5.32 Å². The van der Waals surface area contributed by atoms with Gasteiger partial charge in [0.25, 0.3) is 0 Å². The fourth-order valence-electron chi connectivity index (χ4n) is 2.34. The first-order chi connectivity index (χ1) is 9.67. The van der Waals surface area contributed by atoms with Crippen LogP contribution in [-0.2, 0) is 19.4 Å². The molecule has 20 heavy (non-hydrogen) atoms. The molecule has 4 nitrogen and oxygen atoms in total. The van der Waals surface area contributed by atoms with Crippen LogP contribution in [0.1, 0.15) is 36.8 Å². The highest BCUT2D eigenvalue weighted by Crippen LogP contribution is 2.21. The van der Waals surface area contributed by atoms with Crippen molar-refractivity contribution in [3.63, 3.8) is 0 Å². The lowest BCUT2D eigenvalue weighted by Crippen LogP contribution is -2.20. The van der Waals surface area contributed by atoms with Crippen LogP contribution >= 0.6 is 15.9 Å². The molecular formula is C15H21BrN4. The van der Waals surface area contributed by atoms with Crippen LogP contribution in [0.4, 0.5) is 0 Å². The number of hydrogen-bond acceptors (Lipinski definition) is 3. The van der Waals surface area contributed by atoms with Crippen molar-refractivity contribution < 1.29 is 0 Å². The van der Waals surface area contributed by atoms with Gasteiger partial charge in [0.05, 0.1) is 5.69 Å². The molecule has 0 bridgehead atoms. The van der Waals surface area contributed by atoms with Gasteiger partial charge in [0, 0.05) is 41.6 Å². The molecule has 0 amide bonds. The molecule has 1 N–H and O–H groups in total. The third-order valence-corrected chi connectivity index (χ3v) is 3.90. The number of rotatable bonds is 6. The summed E-state index contributed by atoms with van der Waals surface area (Å²) in [5.41, 5.74) is 3.61. The van der Waals surface area contributed by atoms with Gasteiger partial charge in [-0.3, -0.25) is 9.67 Å². The minimum Gasteiger partial charge on any atom is -0.313 e. The average molecular weight is 337 g/mol. The average Bonchev–Trinajstić information content (AvgIpc) is 2.87. The molecule has 5 heteroatoms. The van der Waals surface area contributed by atoms with Crippen molar-refractivity contribution in [1.29, 1.82) is 0 Å². The Hall–Kier alpha value is -1.20. The minimum atomic E-state index is 0.242. The fourth-order valence-corrected chi connectivity index (χ4v) is 2.72. The van der Waals surface area contributed by atoms with E-state index in [4.69, 9.17) is 0 Å². The lowest BCUT2D eigenvalue weighted by molar-refractivity contribution is 0.539. The highest BCUT2D eigenvalue weighted by molar-refractivity contribution is 9.10. The lowest BCUT2D eigenvalue weighted by Gasteiger charge is -2.17. The highest BCUT2D eigenvalue weighted by Gasteiger charge is 2.15. The van der Waals surface area contributed by atoms with E-state index < -0.39 is 0 Å². The maximum Gasteiger partial charge on any atom is 0.0624 e. The summed E-state index contributed by atoms with van der Waals surface area (Å²) in [5.74, 6) is 0. The zero-order chi connectivity index (χ0) is 14.5. The van der Waals surface area contributed by atoms with E-state index in [2.05, 4.69) is 62.0 Å². The van der Waals surface area contributed by atoms with Crippen LogP contribution in [0, 0.1) is 0 Å². The van der Waals surface area contributed by atoms with Gasteiger partial charge in [-0.2, -0.15) is 5.10 Å². The molecule has 0 spiro atoms. The smallest absolute Gasteiger partial charge is 0.0624 e. The summed E-state index contributed by atoms with van der Waals surface area (Å²) in [6.07, 6.45) is 5.61. The van der Waals surface area contributed by atoms with Gasteiger partial charge in [0.2, 0.25) is 0 Å². The van der Waals surface area contributed by atoms with Crippen LogP contribution in [0.5, 0.6) is 0 Å². The second-order valence-electron chi connectivity index (χ2n) is 4.78. The number of aromatic nitrogens is 3. The summed E-state index contributed by atoms with van der Waals surface area (Å²) in [7, 11) is 1.99. The zero-order valence-electron chi connectivity index (χ0n) is 12.2. The van der Waals surface area contributed by atoms with Crippen LogP contribution in [0.2, 0.25) is 0 Å². The Bertz CT molecular complexity index is 565. The molecule has 0 aliphatic rings. The first kappa shape index (κ1) is 15.2. The van der Waals surface area contributed by atoms with Crippen LogP contribution in [0.25, 0.3) is 0 Å². The monoisotopic (exact) mass is 336 g/mol.